The van der Waals surface area contributed by atoms with Gasteiger partial charge in [-0.1, -0.05) is 0 Å². The predicted octanol–water partition coefficient (Wildman–Crippen LogP) is 2.99. The van der Waals surface area contributed by atoms with Gasteiger partial charge in [-0.05, 0) is 25.0 Å². The minimum atomic E-state index is -0.573. The van der Waals surface area contributed by atoms with Gasteiger partial charge in [-0.15, -0.1) is 0 Å². The Morgan fingerprint density at radius 3 is 2.50 bits per heavy atom. The fourth-order valence-electron chi connectivity index (χ4n) is 3.08. The lowest BCUT2D eigenvalue weighted by Gasteiger charge is -2.20. The Kier molecular flexibility index (Phi) is 3.51. The number of fused-ring (bicyclic) bond motifs is 1. The third-order valence-corrected chi connectivity index (χ3v) is 4.23. The van der Waals surface area contributed by atoms with Crippen LogP contribution in [-0.2, 0) is 7.05 Å². The fraction of sp³-hybridized carbons (Fsp3) is 0.312. The summed E-state index contributed by atoms with van der Waals surface area (Å²) in [5.74, 6) is -0.687. The molecule has 2 aromatic heterocycles. The summed E-state index contributed by atoms with van der Waals surface area (Å²) in [6, 6.07) is 2.59. The molecule has 0 bridgehead atoms. The van der Waals surface area contributed by atoms with Crippen LogP contribution in [0.4, 0.5) is 26.0 Å². The highest BCUT2D eigenvalue weighted by Gasteiger charge is 2.21. The average Bonchev–Trinajstić information content (AvgIpc) is 3.18. The van der Waals surface area contributed by atoms with Gasteiger partial charge in [0.2, 0.25) is 0 Å². The minimum absolute atomic E-state index is 0.0484. The van der Waals surface area contributed by atoms with Gasteiger partial charge in [-0.2, -0.15) is 5.10 Å². The van der Waals surface area contributed by atoms with Crippen molar-refractivity contribution in [3.8, 4) is 0 Å². The van der Waals surface area contributed by atoms with Crippen molar-refractivity contribution in [3.05, 3.63) is 36.3 Å². The summed E-state index contributed by atoms with van der Waals surface area (Å²) in [4.78, 5) is 10.0. The molecular weight excluding hydrogens is 314 g/mol. The lowest BCUT2D eigenvalue weighted by molar-refractivity contribution is 0.578. The van der Waals surface area contributed by atoms with Crippen LogP contribution in [0.3, 0.4) is 0 Å². The molecule has 4 rings (SSSR count). The summed E-state index contributed by atoms with van der Waals surface area (Å²) in [6.07, 6.45) is 4.91. The highest BCUT2D eigenvalue weighted by molar-refractivity contribution is 5.88. The zero-order valence-electron chi connectivity index (χ0n) is 13.1. The Labute approximate surface area is 137 Å². The summed E-state index contributed by atoms with van der Waals surface area (Å²) in [5, 5.41) is 7.76. The van der Waals surface area contributed by atoms with Crippen molar-refractivity contribution in [2.24, 2.45) is 7.05 Å². The molecule has 0 aliphatic carbocycles. The van der Waals surface area contributed by atoms with E-state index in [9.17, 15) is 8.78 Å². The van der Waals surface area contributed by atoms with Crippen LogP contribution in [0, 0.1) is 11.6 Å². The fourth-order valence-corrected chi connectivity index (χ4v) is 3.08. The first-order valence-electron chi connectivity index (χ1n) is 7.77. The first kappa shape index (κ1) is 14.8. The molecule has 24 heavy (non-hydrogen) atoms. The number of anilines is 3. The summed E-state index contributed by atoms with van der Waals surface area (Å²) < 4.78 is 30.4. The van der Waals surface area contributed by atoms with Gasteiger partial charge in [0.25, 0.3) is 0 Å². The Hall–Kier alpha value is -2.77. The molecule has 3 aromatic rings. The molecule has 1 fully saturated rings. The maximum Gasteiger partial charge on any atom is 0.163 e. The molecule has 0 radical (unpaired) electrons. The first-order valence-corrected chi connectivity index (χ1v) is 7.77. The molecule has 0 amide bonds. The van der Waals surface area contributed by atoms with Gasteiger partial charge in [-0.3, -0.25) is 4.68 Å². The summed E-state index contributed by atoms with van der Waals surface area (Å²) >= 11 is 0. The zero-order valence-corrected chi connectivity index (χ0v) is 13.1. The van der Waals surface area contributed by atoms with E-state index in [1.165, 1.54) is 18.5 Å². The maximum atomic E-state index is 14.4. The van der Waals surface area contributed by atoms with E-state index in [-0.39, 0.29) is 5.69 Å². The molecule has 0 saturated carbocycles. The number of aromatic nitrogens is 4. The second-order valence-corrected chi connectivity index (χ2v) is 5.84. The molecule has 3 heterocycles. The number of hydrogen-bond acceptors (Lipinski definition) is 5. The van der Waals surface area contributed by atoms with Crippen LogP contribution in [0.25, 0.3) is 11.0 Å². The van der Waals surface area contributed by atoms with Crippen molar-refractivity contribution >= 4 is 28.2 Å². The van der Waals surface area contributed by atoms with E-state index >= 15 is 0 Å². The lowest BCUT2D eigenvalue weighted by Crippen LogP contribution is -2.20. The normalized spacial score (nSPS) is 14.5. The Bertz CT molecular complexity index is 878. The quantitative estimate of drug-likeness (QED) is 0.800. The maximum absolute atomic E-state index is 14.4. The van der Waals surface area contributed by atoms with Gasteiger partial charge in [0, 0.05) is 25.8 Å². The Balaban J connectivity index is 1.69. The molecule has 0 spiro atoms. The SMILES string of the molecule is Cn1ncc2c(Nc3cc(F)c(N4CCCC4)c(F)c3)ncnc21. The standard InChI is InChI=1S/C16H16F2N6/c1-23-16-11(8-21-23)15(19-9-20-16)22-10-6-12(17)14(13(18)7-10)24-4-2-3-5-24/h6-9H,2-5H2,1H3,(H,19,20,22). The van der Waals surface area contributed by atoms with Gasteiger partial charge in [0.1, 0.15) is 17.8 Å². The van der Waals surface area contributed by atoms with E-state index in [1.807, 2.05) is 0 Å². The lowest BCUT2D eigenvalue weighted by atomic mass is 10.2. The molecule has 1 saturated heterocycles. The highest BCUT2D eigenvalue weighted by atomic mass is 19.1. The molecule has 0 atom stereocenters. The number of rotatable bonds is 3. The van der Waals surface area contributed by atoms with Crippen LogP contribution in [0.2, 0.25) is 0 Å². The minimum Gasteiger partial charge on any atom is -0.367 e. The van der Waals surface area contributed by atoms with Crippen molar-refractivity contribution in [2.45, 2.75) is 12.8 Å². The van der Waals surface area contributed by atoms with Gasteiger partial charge in [0.15, 0.2) is 17.3 Å². The van der Waals surface area contributed by atoms with Gasteiger partial charge >= 0.3 is 0 Å². The van der Waals surface area contributed by atoms with E-state index in [1.54, 1.807) is 22.8 Å². The third kappa shape index (κ3) is 2.44. The smallest absolute Gasteiger partial charge is 0.163 e. The van der Waals surface area contributed by atoms with Crippen molar-refractivity contribution in [1.82, 2.24) is 19.7 Å². The monoisotopic (exact) mass is 330 g/mol. The number of hydrogen-bond donors (Lipinski definition) is 1. The first-order chi connectivity index (χ1) is 11.6. The summed E-state index contributed by atoms with van der Waals surface area (Å²) in [7, 11) is 1.77. The highest BCUT2D eigenvalue weighted by Crippen LogP contribution is 2.31. The molecule has 1 aliphatic heterocycles. The van der Waals surface area contributed by atoms with Crippen molar-refractivity contribution < 1.29 is 8.78 Å². The van der Waals surface area contributed by atoms with Gasteiger partial charge in [-0.25, -0.2) is 18.7 Å². The molecule has 0 unspecified atom stereocenters. The predicted molar refractivity (Wildman–Crippen MR) is 87.4 cm³/mol. The van der Waals surface area contributed by atoms with Gasteiger partial charge < -0.3 is 10.2 Å². The van der Waals surface area contributed by atoms with Crippen molar-refractivity contribution in [3.63, 3.8) is 0 Å². The van der Waals surface area contributed by atoms with Crippen LogP contribution in [0.15, 0.2) is 24.7 Å². The van der Waals surface area contributed by atoms with Crippen molar-refractivity contribution in [2.75, 3.05) is 23.3 Å². The van der Waals surface area contributed by atoms with E-state index in [4.69, 9.17) is 0 Å². The third-order valence-electron chi connectivity index (χ3n) is 4.23. The second-order valence-electron chi connectivity index (χ2n) is 5.84. The van der Waals surface area contributed by atoms with Crippen molar-refractivity contribution in [1.29, 1.82) is 0 Å². The Morgan fingerprint density at radius 1 is 1.08 bits per heavy atom. The van der Waals surface area contributed by atoms with Crippen LogP contribution in [-0.4, -0.2) is 32.8 Å². The molecular formula is C16H16F2N6. The topological polar surface area (TPSA) is 58.9 Å². The van der Waals surface area contributed by atoms with Gasteiger partial charge in [0.05, 0.1) is 11.6 Å². The zero-order chi connectivity index (χ0) is 16.7. The van der Waals surface area contributed by atoms with Crippen LogP contribution in [0.1, 0.15) is 12.8 Å². The number of halogens is 2. The second kappa shape index (κ2) is 5.70. The van der Waals surface area contributed by atoms with Crippen LogP contribution < -0.4 is 10.2 Å². The number of nitrogens with zero attached hydrogens (tertiary/aromatic N) is 5. The van der Waals surface area contributed by atoms with Crippen LogP contribution in [0.5, 0.6) is 0 Å². The Morgan fingerprint density at radius 2 is 1.79 bits per heavy atom. The van der Waals surface area contributed by atoms with E-state index in [2.05, 4.69) is 20.4 Å². The van der Waals surface area contributed by atoms with Crippen LogP contribution >= 0.6 is 0 Å². The molecule has 1 aromatic carbocycles. The summed E-state index contributed by atoms with van der Waals surface area (Å²) in [6.45, 7) is 1.37. The van der Waals surface area contributed by atoms with E-state index in [0.29, 0.717) is 35.6 Å². The largest absolute Gasteiger partial charge is 0.367 e. The molecule has 8 heteroatoms. The molecule has 6 nitrogen and oxygen atoms in total. The molecule has 124 valence electrons. The average molecular weight is 330 g/mol. The molecule has 1 aliphatic rings. The number of benzene rings is 1. The van der Waals surface area contributed by atoms with E-state index < -0.39 is 11.6 Å². The van der Waals surface area contributed by atoms with E-state index in [0.717, 1.165) is 12.8 Å². The molecule has 1 N–H and O–H groups in total. The number of aryl methyl sites for hydroxylation is 1. The number of nitrogens with one attached hydrogen (secondary N) is 1. The summed E-state index contributed by atoms with van der Waals surface area (Å²) in [5.41, 5.74) is 0.992.